The van der Waals surface area contributed by atoms with Crippen molar-refractivity contribution >= 4 is 43.1 Å². The summed E-state index contributed by atoms with van der Waals surface area (Å²) in [4.78, 5) is 23.2. The molecule has 8 aromatic carbocycles. The summed E-state index contributed by atoms with van der Waals surface area (Å²) >= 11 is 0. The quantitative estimate of drug-likeness (QED) is 0.153. The molecule has 0 aliphatic rings. The molecule has 0 atom stereocenters. The van der Waals surface area contributed by atoms with E-state index in [-0.39, 0.29) is 10.8 Å². The fourth-order valence-corrected chi connectivity index (χ4v) is 9.96. The van der Waals surface area contributed by atoms with Gasteiger partial charge in [-0.25, -0.2) is 19.9 Å². The molecule has 0 unspecified atom stereocenters. The number of aromatic nitrogens is 4. The van der Waals surface area contributed by atoms with E-state index in [2.05, 4.69) is 224 Å². The highest BCUT2D eigenvalue weighted by molar-refractivity contribution is 6.00. The standard InChI is InChI=1S/C59H52N4/c1-57(2,3)37-59(38-58(4,5)6,55-60-51(47-31-15-23-39-19-7-11-27-43(39)47)35-52(61-55)48-32-16-24-40-20-8-12-28-44(40)48)56-62-53(49-33-17-25-41-21-9-13-29-45(41)49)36-54(63-56)50-34-18-26-42-22-10-14-30-46(42)50/h7-36H,37-38H2,1-6H3. The van der Waals surface area contributed by atoms with Crippen LogP contribution < -0.4 is 0 Å². The first-order valence-electron chi connectivity index (χ1n) is 22.1. The highest BCUT2D eigenvalue weighted by Gasteiger charge is 2.47. The van der Waals surface area contributed by atoms with Gasteiger partial charge in [0.1, 0.15) is 11.6 Å². The highest BCUT2D eigenvalue weighted by Crippen LogP contribution is 2.49. The van der Waals surface area contributed by atoms with Crippen molar-refractivity contribution in [2.75, 3.05) is 0 Å². The molecule has 10 aromatic rings. The maximum atomic E-state index is 5.79. The Labute approximate surface area is 370 Å². The second-order valence-corrected chi connectivity index (χ2v) is 19.6. The molecule has 0 saturated heterocycles. The van der Waals surface area contributed by atoms with Crippen LogP contribution in [0.1, 0.15) is 66.0 Å². The van der Waals surface area contributed by atoms with Crippen LogP contribution >= 0.6 is 0 Å². The van der Waals surface area contributed by atoms with Gasteiger partial charge in [-0.2, -0.15) is 0 Å². The molecular weight excluding hydrogens is 765 g/mol. The van der Waals surface area contributed by atoms with Gasteiger partial charge in [-0.15, -0.1) is 0 Å². The molecule has 308 valence electrons. The summed E-state index contributed by atoms with van der Waals surface area (Å²) in [6.07, 6.45) is 1.42. The van der Waals surface area contributed by atoms with E-state index in [9.17, 15) is 0 Å². The van der Waals surface area contributed by atoms with E-state index in [1.54, 1.807) is 0 Å². The molecule has 2 heterocycles. The Kier molecular flexibility index (Phi) is 9.98. The van der Waals surface area contributed by atoms with Crippen molar-refractivity contribution in [3.63, 3.8) is 0 Å². The van der Waals surface area contributed by atoms with Gasteiger partial charge in [-0.3, -0.25) is 0 Å². The molecule has 0 amide bonds. The Bertz CT molecular complexity index is 2890. The third kappa shape index (κ3) is 7.76. The lowest BCUT2D eigenvalue weighted by Gasteiger charge is -2.41. The summed E-state index contributed by atoms with van der Waals surface area (Å²) in [5, 5.41) is 9.28. The smallest absolute Gasteiger partial charge is 0.143 e. The monoisotopic (exact) mass is 816 g/mol. The molecule has 0 aliphatic heterocycles. The number of hydrogen-bond acceptors (Lipinski definition) is 4. The maximum absolute atomic E-state index is 5.79. The molecular formula is C59H52N4. The number of rotatable bonds is 8. The molecule has 4 nitrogen and oxygen atoms in total. The van der Waals surface area contributed by atoms with Crippen LogP contribution in [0.15, 0.2) is 182 Å². The van der Waals surface area contributed by atoms with Crippen molar-refractivity contribution in [3.05, 3.63) is 194 Å². The first kappa shape index (κ1) is 40.1. The summed E-state index contributed by atoms with van der Waals surface area (Å²) in [6, 6.07) is 64.9. The predicted molar refractivity (Wildman–Crippen MR) is 265 cm³/mol. The minimum Gasteiger partial charge on any atom is -0.232 e. The van der Waals surface area contributed by atoms with Gasteiger partial charge >= 0.3 is 0 Å². The summed E-state index contributed by atoms with van der Waals surface area (Å²) in [6.45, 7) is 13.9. The van der Waals surface area contributed by atoms with E-state index in [1.165, 1.54) is 21.5 Å². The van der Waals surface area contributed by atoms with Crippen molar-refractivity contribution in [1.82, 2.24) is 19.9 Å². The van der Waals surface area contributed by atoms with Crippen LogP contribution in [0.4, 0.5) is 0 Å². The zero-order chi connectivity index (χ0) is 43.3. The van der Waals surface area contributed by atoms with Crippen molar-refractivity contribution in [3.8, 4) is 45.0 Å². The van der Waals surface area contributed by atoms with Gasteiger partial charge in [0.25, 0.3) is 0 Å². The normalized spacial score (nSPS) is 12.4. The van der Waals surface area contributed by atoms with Gasteiger partial charge < -0.3 is 0 Å². The van der Waals surface area contributed by atoms with E-state index in [4.69, 9.17) is 19.9 Å². The molecule has 0 spiro atoms. The molecule has 4 heteroatoms. The Morgan fingerprint density at radius 1 is 0.302 bits per heavy atom. The van der Waals surface area contributed by atoms with Crippen LogP contribution in [0, 0.1) is 10.8 Å². The molecule has 2 aromatic heterocycles. The molecule has 0 aliphatic carbocycles. The van der Waals surface area contributed by atoms with Gasteiger partial charge in [0.15, 0.2) is 0 Å². The Hall–Kier alpha value is -7.04. The van der Waals surface area contributed by atoms with Crippen molar-refractivity contribution in [2.45, 2.75) is 59.8 Å². The van der Waals surface area contributed by atoms with Crippen molar-refractivity contribution in [2.24, 2.45) is 10.8 Å². The van der Waals surface area contributed by atoms with Crippen molar-refractivity contribution < 1.29 is 0 Å². The number of hydrogen-bond donors (Lipinski definition) is 0. The van der Waals surface area contributed by atoms with E-state index in [0.717, 1.165) is 78.2 Å². The molecule has 63 heavy (non-hydrogen) atoms. The van der Waals surface area contributed by atoms with Crippen LogP contribution in [0.2, 0.25) is 0 Å². The Balaban J connectivity index is 1.35. The fraction of sp³-hybridized carbons (Fsp3) is 0.186. The maximum Gasteiger partial charge on any atom is 0.143 e. The zero-order valence-corrected chi connectivity index (χ0v) is 37.0. The number of fused-ring (bicyclic) bond motifs is 4. The van der Waals surface area contributed by atoms with Crippen LogP contribution in [0.5, 0.6) is 0 Å². The van der Waals surface area contributed by atoms with Crippen LogP contribution in [0.25, 0.3) is 88.1 Å². The van der Waals surface area contributed by atoms with Gasteiger partial charge in [0, 0.05) is 22.3 Å². The van der Waals surface area contributed by atoms with Crippen molar-refractivity contribution in [1.29, 1.82) is 0 Å². The largest absolute Gasteiger partial charge is 0.232 e. The average molecular weight is 817 g/mol. The van der Waals surface area contributed by atoms with Crippen LogP contribution in [-0.4, -0.2) is 19.9 Å². The summed E-state index contributed by atoms with van der Waals surface area (Å²) in [5.74, 6) is 1.47. The lowest BCUT2D eigenvalue weighted by Crippen LogP contribution is -2.40. The summed E-state index contributed by atoms with van der Waals surface area (Å²) in [7, 11) is 0. The molecule has 0 N–H and O–H groups in total. The van der Waals surface area contributed by atoms with Gasteiger partial charge in [-0.1, -0.05) is 211 Å². The van der Waals surface area contributed by atoms with E-state index >= 15 is 0 Å². The second-order valence-electron chi connectivity index (χ2n) is 19.6. The fourth-order valence-electron chi connectivity index (χ4n) is 9.96. The SMILES string of the molecule is CC(C)(C)CC(CC(C)(C)C)(c1nc(-c2cccc3ccccc23)cc(-c2cccc3ccccc23)n1)c1nc(-c2cccc3ccccc23)cc(-c2cccc3ccccc23)n1. The first-order chi connectivity index (χ1) is 30.4. The lowest BCUT2D eigenvalue weighted by molar-refractivity contribution is 0.195. The van der Waals surface area contributed by atoms with E-state index in [0.29, 0.717) is 12.8 Å². The summed E-state index contributed by atoms with van der Waals surface area (Å²) in [5.41, 5.74) is 6.61. The van der Waals surface area contributed by atoms with Crippen LogP contribution in [-0.2, 0) is 5.41 Å². The Morgan fingerprint density at radius 2 is 0.540 bits per heavy atom. The number of benzene rings is 8. The lowest BCUT2D eigenvalue weighted by atomic mass is 9.65. The molecule has 10 rings (SSSR count). The Morgan fingerprint density at radius 3 is 0.794 bits per heavy atom. The highest BCUT2D eigenvalue weighted by atomic mass is 15.0. The molecule has 0 radical (unpaired) electrons. The van der Waals surface area contributed by atoms with E-state index in [1.807, 2.05) is 0 Å². The molecule has 0 saturated carbocycles. The molecule has 0 bridgehead atoms. The number of nitrogens with zero attached hydrogens (tertiary/aromatic N) is 4. The minimum atomic E-state index is -0.837. The topological polar surface area (TPSA) is 51.6 Å². The third-order valence-corrected chi connectivity index (χ3v) is 12.2. The van der Waals surface area contributed by atoms with Gasteiger partial charge in [0.2, 0.25) is 0 Å². The molecule has 0 fully saturated rings. The first-order valence-corrected chi connectivity index (χ1v) is 22.1. The van der Waals surface area contributed by atoms with E-state index < -0.39 is 5.41 Å². The van der Waals surface area contributed by atoms with Gasteiger partial charge in [0.05, 0.1) is 28.2 Å². The van der Waals surface area contributed by atoms with Gasteiger partial charge in [-0.05, 0) is 78.9 Å². The second kappa shape index (κ2) is 15.7. The summed E-state index contributed by atoms with van der Waals surface area (Å²) < 4.78 is 0. The minimum absolute atomic E-state index is 0.178. The predicted octanol–water partition coefficient (Wildman–Crippen LogP) is 15.7. The zero-order valence-electron chi connectivity index (χ0n) is 37.0. The average Bonchev–Trinajstić information content (AvgIpc) is 3.29. The third-order valence-electron chi connectivity index (χ3n) is 12.2. The van der Waals surface area contributed by atoms with Crippen LogP contribution in [0.3, 0.4) is 0 Å².